The third-order valence-corrected chi connectivity index (χ3v) is 5.31. The summed E-state index contributed by atoms with van der Waals surface area (Å²) in [7, 11) is 0. The van der Waals surface area contributed by atoms with E-state index in [2.05, 4.69) is 65.8 Å². The highest BCUT2D eigenvalue weighted by atomic mass is 15.1. The van der Waals surface area contributed by atoms with Crippen molar-refractivity contribution in [2.24, 2.45) is 5.92 Å². The molecule has 3 aromatic rings. The molecule has 1 heterocycles. The van der Waals surface area contributed by atoms with Crippen LogP contribution in [0.3, 0.4) is 0 Å². The van der Waals surface area contributed by atoms with Gasteiger partial charge in [0.25, 0.3) is 0 Å². The van der Waals surface area contributed by atoms with Crippen molar-refractivity contribution in [3.8, 4) is 0 Å². The number of hydrogen-bond donors (Lipinski definition) is 0. The van der Waals surface area contributed by atoms with Crippen molar-refractivity contribution >= 4 is 21.8 Å². The molecule has 126 valence electrons. The zero-order chi connectivity index (χ0) is 16.5. The molecule has 1 aliphatic rings. The summed E-state index contributed by atoms with van der Waals surface area (Å²) < 4.78 is 2.43. The number of para-hydroxylation sites is 1. The third-order valence-electron chi connectivity index (χ3n) is 5.31. The van der Waals surface area contributed by atoms with E-state index in [0.717, 1.165) is 19.0 Å². The van der Waals surface area contributed by atoms with Crippen molar-refractivity contribution < 1.29 is 0 Å². The quantitative estimate of drug-likeness (QED) is 0.563. The summed E-state index contributed by atoms with van der Waals surface area (Å²) in [6.45, 7) is 9.13. The zero-order valence-corrected chi connectivity index (χ0v) is 15.0. The monoisotopic (exact) mass is 320 g/mol. The van der Waals surface area contributed by atoms with E-state index in [4.69, 9.17) is 0 Å². The lowest BCUT2D eigenvalue weighted by molar-refractivity contribution is 0.255. The average Bonchev–Trinajstić information content (AvgIpc) is 3.35. The number of fused-ring (bicyclic) bond motifs is 3. The van der Waals surface area contributed by atoms with Gasteiger partial charge in [0.15, 0.2) is 0 Å². The van der Waals surface area contributed by atoms with Crippen LogP contribution < -0.4 is 0 Å². The second kappa shape index (κ2) is 6.60. The Balaban J connectivity index is 1.70. The molecule has 2 nitrogen and oxygen atoms in total. The van der Waals surface area contributed by atoms with Gasteiger partial charge in [-0.05, 0) is 62.4 Å². The number of benzene rings is 2. The Kier molecular flexibility index (Phi) is 4.32. The minimum Gasteiger partial charge on any atom is -0.341 e. The number of hydrogen-bond acceptors (Lipinski definition) is 1. The van der Waals surface area contributed by atoms with Crippen LogP contribution in [0.4, 0.5) is 0 Å². The molecule has 0 unspecified atom stereocenters. The molecule has 2 aromatic carbocycles. The Bertz CT molecular complexity index is 842. The first-order valence-corrected chi connectivity index (χ1v) is 9.52. The van der Waals surface area contributed by atoms with Crippen LogP contribution in [-0.4, -0.2) is 22.6 Å². The van der Waals surface area contributed by atoms with Gasteiger partial charge in [0.1, 0.15) is 0 Å². The van der Waals surface area contributed by atoms with Gasteiger partial charge in [-0.2, -0.15) is 0 Å². The maximum absolute atomic E-state index is 2.65. The van der Waals surface area contributed by atoms with E-state index in [1.54, 1.807) is 0 Å². The minimum atomic E-state index is 0.960. The summed E-state index contributed by atoms with van der Waals surface area (Å²) in [5.41, 5.74) is 4.18. The van der Waals surface area contributed by atoms with Gasteiger partial charge >= 0.3 is 0 Å². The molecule has 0 aliphatic heterocycles. The fourth-order valence-corrected chi connectivity index (χ4v) is 4.01. The Morgan fingerprint density at radius 3 is 2.54 bits per heavy atom. The van der Waals surface area contributed by atoms with E-state index in [9.17, 15) is 0 Å². The van der Waals surface area contributed by atoms with Crippen molar-refractivity contribution in [3.63, 3.8) is 0 Å². The van der Waals surface area contributed by atoms with Crippen molar-refractivity contribution in [2.45, 2.75) is 46.2 Å². The van der Waals surface area contributed by atoms with Crippen LogP contribution in [0.15, 0.2) is 42.5 Å². The summed E-state index contributed by atoms with van der Waals surface area (Å²) in [5.74, 6) is 0.960. The van der Waals surface area contributed by atoms with Crippen LogP contribution >= 0.6 is 0 Å². The van der Waals surface area contributed by atoms with Crippen LogP contribution in [0.25, 0.3) is 21.8 Å². The maximum Gasteiger partial charge on any atom is 0.0491 e. The molecule has 0 bridgehead atoms. The number of nitrogens with zero attached hydrogens (tertiary/aromatic N) is 2. The molecule has 0 spiro atoms. The molecule has 0 atom stereocenters. The summed E-state index contributed by atoms with van der Waals surface area (Å²) >= 11 is 0. The van der Waals surface area contributed by atoms with Crippen molar-refractivity contribution in [1.29, 1.82) is 0 Å². The molecule has 1 fully saturated rings. The number of aryl methyl sites for hydroxylation is 1. The molecule has 1 aliphatic carbocycles. The first-order chi connectivity index (χ1) is 11.8. The standard InChI is InChI=1S/C22H28N2/c1-3-13-23(15-17-9-10-17)16-18-11-12-22-20(14-18)19-7-5-6-8-21(19)24(22)4-2/h5-8,11-12,14,17H,3-4,9-10,13,15-16H2,1-2H3. The van der Waals surface area contributed by atoms with Crippen LogP contribution in [0, 0.1) is 5.92 Å². The normalized spacial score (nSPS) is 15.0. The van der Waals surface area contributed by atoms with Gasteiger partial charge in [0, 0.05) is 41.4 Å². The van der Waals surface area contributed by atoms with Crippen molar-refractivity contribution in [2.75, 3.05) is 13.1 Å². The highest BCUT2D eigenvalue weighted by Crippen LogP contribution is 2.32. The Morgan fingerprint density at radius 2 is 1.79 bits per heavy atom. The van der Waals surface area contributed by atoms with Crippen LogP contribution in [-0.2, 0) is 13.1 Å². The lowest BCUT2D eigenvalue weighted by atomic mass is 10.1. The van der Waals surface area contributed by atoms with E-state index in [0.29, 0.717) is 0 Å². The van der Waals surface area contributed by atoms with Gasteiger partial charge in [-0.1, -0.05) is 31.2 Å². The SMILES string of the molecule is CCCN(Cc1ccc2c(c1)c1ccccc1n2CC)CC1CC1. The maximum atomic E-state index is 2.65. The highest BCUT2D eigenvalue weighted by Gasteiger charge is 2.24. The molecule has 24 heavy (non-hydrogen) atoms. The van der Waals surface area contributed by atoms with Crippen LogP contribution in [0.5, 0.6) is 0 Å². The molecular formula is C22H28N2. The average molecular weight is 320 g/mol. The second-order valence-electron chi connectivity index (χ2n) is 7.29. The Morgan fingerprint density at radius 1 is 1.00 bits per heavy atom. The Hall–Kier alpha value is -1.80. The first kappa shape index (κ1) is 15.7. The van der Waals surface area contributed by atoms with Gasteiger partial charge < -0.3 is 4.57 Å². The highest BCUT2D eigenvalue weighted by molar-refractivity contribution is 6.08. The molecule has 2 heteroatoms. The van der Waals surface area contributed by atoms with Crippen LogP contribution in [0.1, 0.15) is 38.7 Å². The second-order valence-corrected chi connectivity index (χ2v) is 7.29. The lowest BCUT2D eigenvalue weighted by Gasteiger charge is -2.21. The summed E-state index contributed by atoms with van der Waals surface area (Å²) in [5, 5.41) is 2.80. The van der Waals surface area contributed by atoms with E-state index in [-0.39, 0.29) is 0 Å². The predicted octanol–water partition coefficient (Wildman–Crippen LogP) is 5.44. The lowest BCUT2D eigenvalue weighted by Crippen LogP contribution is -2.26. The number of rotatable bonds is 7. The topological polar surface area (TPSA) is 8.17 Å². The molecule has 0 amide bonds. The van der Waals surface area contributed by atoms with Gasteiger partial charge in [0.2, 0.25) is 0 Å². The van der Waals surface area contributed by atoms with Gasteiger partial charge in [-0.25, -0.2) is 0 Å². The zero-order valence-electron chi connectivity index (χ0n) is 15.0. The van der Waals surface area contributed by atoms with Gasteiger partial charge in [-0.3, -0.25) is 4.90 Å². The number of aromatic nitrogens is 1. The van der Waals surface area contributed by atoms with Gasteiger partial charge in [0.05, 0.1) is 0 Å². The largest absolute Gasteiger partial charge is 0.341 e. The van der Waals surface area contributed by atoms with E-state index in [1.165, 1.54) is 59.7 Å². The molecule has 0 radical (unpaired) electrons. The summed E-state index contributed by atoms with van der Waals surface area (Å²) in [6, 6.07) is 15.9. The van der Waals surface area contributed by atoms with Crippen molar-refractivity contribution in [1.82, 2.24) is 9.47 Å². The van der Waals surface area contributed by atoms with Crippen LogP contribution in [0.2, 0.25) is 0 Å². The van der Waals surface area contributed by atoms with Crippen molar-refractivity contribution in [3.05, 3.63) is 48.0 Å². The molecule has 0 saturated heterocycles. The predicted molar refractivity (Wildman–Crippen MR) is 103 cm³/mol. The molecule has 0 N–H and O–H groups in total. The smallest absolute Gasteiger partial charge is 0.0491 e. The van der Waals surface area contributed by atoms with E-state index < -0.39 is 0 Å². The molecular weight excluding hydrogens is 292 g/mol. The third kappa shape index (κ3) is 2.95. The van der Waals surface area contributed by atoms with Gasteiger partial charge in [-0.15, -0.1) is 0 Å². The minimum absolute atomic E-state index is 0.960. The summed E-state index contributed by atoms with van der Waals surface area (Å²) in [6.07, 6.45) is 4.11. The first-order valence-electron chi connectivity index (χ1n) is 9.52. The van der Waals surface area contributed by atoms with E-state index in [1.807, 2.05) is 0 Å². The molecule has 4 rings (SSSR count). The Labute approximate surface area is 145 Å². The fraction of sp³-hybridized carbons (Fsp3) is 0.455. The van der Waals surface area contributed by atoms with E-state index >= 15 is 0 Å². The fourth-order valence-electron chi connectivity index (χ4n) is 4.01. The summed E-state index contributed by atoms with van der Waals surface area (Å²) in [4.78, 5) is 2.65. The molecule has 1 aromatic heterocycles. The molecule has 1 saturated carbocycles.